The van der Waals surface area contributed by atoms with Crippen LogP contribution in [0.25, 0.3) is 0 Å². The van der Waals surface area contributed by atoms with Crippen molar-refractivity contribution in [3.63, 3.8) is 0 Å². The van der Waals surface area contributed by atoms with E-state index in [1.165, 1.54) is 12.3 Å². The number of carbonyl (C=O) groups is 2. The molecule has 0 radical (unpaired) electrons. The number of halogens is 1. The third kappa shape index (κ3) is 3.80. The van der Waals surface area contributed by atoms with Crippen LogP contribution < -0.4 is 10.6 Å². The first-order valence-corrected chi connectivity index (χ1v) is 7.97. The summed E-state index contributed by atoms with van der Waals surface area (Å²) < 4.78 is 18.9. The minimum absolute atomic E-state index is 0.108. The molecular weight excluding hydrogens is 335 g/mol. The Morgan fingerprint density at radius 2 is 1.69 bits per heavy atom. The molecule has 1 heterocycles. The van der Waals surface area contributed by atoms with Crippen molar-refractivity contribution < 1.29 is 18.4 Å². The van der Waals surface area contributed by atoms with Gasteiger partial charge in [0.05, 0.1) is 12.0 Å². The summed E-state index contributed by atoms with van der Waals surface area (Å²) in [7, 11) is 0. The highest BCUT2D eigenvalue weighted by Gasteiger charge is 2.14. The number of carbonyl (C=O) groups excluding carboxylic acids is 2. The van der Waals surface area contributed by atoms with Crippen LogP contribution in [0.5, 0.6) is 0 Å². The third-order valence-corrected chi connectivity index (χ3v) is 3.86. The molecule has 0 unspecified atom stereocenters. The fourth-order valence-electron chi connectivity index (χ4n) is 2.42. The minimum Gasteiger partial charge on any atom is -0.459 e. The summed E-state index contributed by atoms with van der Waals surface area (Å²) >= 11 is 0. The second-order valence-corrected chi connectivity index (χ2v) is 5.90. The maximum atomic E-state index is 13.8. The van der Waals surface area contributed by atoms with Gasteiger partial charge in [-0.3, -0.25) is 9.59 Å². The number of aryl methyl sites for hydroxylation is 2. The zero-order valence-corrected chi connectivity index (χ0v) is 14.3. The number of furan rings is 1. The first-order valence-electron chi connectivity index (χ1n) is 7.97. The highest BCUT2D eigenvalue weighted by molar-refractivity contribution is 6.07. The minimum atomic E-state index is -0.512. The van der Waals surface area contributed by atoms with Crippen molar-refractivity contribution in [2.75, 3.05) is 10.6 Å². The van der Waals surface area contributed by atoms with Crippen LogP contribution in [0.15, 0.2) is 59.2 Å². The Morgan fingerprint density at radius 1 is 0.923 bits per heavy atom. The van der Waals surface area contributed by atoms with Crippen molar-refractivity contribution in [3.05, 3.63) is 83.1 Å². The Kier molecular flexibility index (Phi) is 4.84. The Morgan fingerprint density at radius 3 is 2.42 bits per heavy atom. The molecule has 0 aliphatic carbocycles. The molecule has 0 saturated heterocycles. The lowest BCUT2D eigenvalue weighted by Crippen LogP contribution is -2.15. The fraction of sp³-hybridized carbons (Fsp3) is 0.100. The van der Waals surface area contributed by atoms with E-state index in [1.807, 2.05) is 6.92 Å². The van der Waals surface area contributed by atoms with Crippen LogP contribution in [0, 0.1) is 19.7 Å². The third-order valence-electron chi connectivity index (χ3n) is 3.86. The standard InChI is InChI=1S/C20H17FN2O3/c1-12-5-8-15(21)17(10-12)23-19(24)14-7-6-13(2)16(11-14)22-20(25)18-4-3-9-26-18/h3-11H,1-2H3,(H,22,25)(H,23,24). The summed E-state index contributed by atoms with van der Waals surface area (Å²) in [6.45, 7) is 3.61. The number of hydrogen-bond acceptors (Lipinski definition) is 3. The van der Waals surface area contributed by atoms with Gasteiger partial charge in [-0.1, -0.05) is 12.1 Å². The summed E-state index contributed by atoms with van der Waals surface area (Å²) in [6, 6.07) is 12.5. The molecule has 0 saturated carbocycles. The number of anilines is 2. The molecule has 2 aromatic carbocycles. The molecule has 0 atom stereocenters. The maximum Gasteiger partial charge on any atom is 0.291 e. The Balaban J connectivity index is 1.81. The van der Waals surface area contributed by atoms with Crippen LogP contribution >= 0.6 is 0 Å². The Hall–Kier alpha value is -3.41. The molecular formula is C20H17FN2O3. The molecule has 0 spiro atoms. The van der Waals surface area contributed by atoms with Crippen molar-refractivity contribution in [1.29, 1.82) is 0 Å². The average molecular weight is 352 g/mol. The van der Waals surface area contributed by atoms with Crippen molar-refractivity contribution in [2.24, 2.45) is 0 Å². The molecule has 0 aliphatic heterocycles. The summed E-state index contributed by atoms with van der Waals surface area (Å²) in [5.41, 5.74) is 2.49. The lowest BCUT2D eigenvalue weighted by Gasteiger charge is -2.11. The first-order chi connectivity index (χ1) is 12.4. The van der Waals surface area contributed by atoms with Gasteiger partial charge in [0.1, 0.15) is 5.82 Å². The number of nitrogens with one attached hydrogen (secondary N) is 2. The van der Waals surface area contributed by atoms with E-state index in [0.717, 1.165) is 11.1 Å². The van der Waals surface area contributed by atoms with Gasteiger partial charge in [-0.05, 0) is 61.4 Å². The van der Waals surface area contributed by atoms with E-state index in [4.69, 9.17) is 4.42 Å². The molecule has 3 aromatic rings. The second kappa shape index (κ2) is 7.23. The van der Waals surface area contributed by atoms with Crippen LogP contribution in [-0.4, -0.2) is 11.8 Å². The van der Waals surface area contributed by atoms with Crippen molar-refractivity contribution in [1.82, 2.24) is 0 Å². The summed E-state index contributed by atoms with van der Waals surface area (Å²) in [5.74, 6) is -1.23. The summed E-state index contributed by atoms with van der Waals surface area (Å²) in [5, 5.41) is 5.26. The molecule has 2 N–H and O–H groups in total. The molecule has 6 heteroatoms. The van der Waals surface area contributed by atoms with Crippen LogP contribution in [0.2, 0.25) is 0 Å². The number of benzene rings is 2. The molecule has 2 amide bonds. The Bertz CT molecular complexity index is 965. The average Bonchev–Trinajstić information content (AvgIpc) is 3.14. The number of amides is 2. The quantitative estimate of drug-likeness (QED) is 0.724. The van der Waals surface area contributed by atoms with Crippen molar-refractivity contribution >= 4 is 23.2 Å². The van der Waals surface area contributed by atoms with E-state index in [9.17, 15) is 14.0 Å². The van der Waals surface area contributed by atoms with E-state index in [0.29, 0.717) is 11.3 Å². The zero-order chi connectivity index (χ0) is 18.7. The van der Waals surface area contributed by atoms with E-state index >= 15 is 0 Å². The molecule has 0 bridgehead atoms. The molecule has 0 aliphatic rings. The largest absolute Gasteiger partial charge is 0.459 e. The molecule has 3 rings (SSSR count). The molecule has 0 fully saturated rings. The monoisotopic (exact) mass is 352 g/mol. The van der Waals surface area contributed by atoms with Gasteiger partial charge in [0.15, 0.2) is 5.76 Å². The molecule has 5 nitrogen and oxygen atoms in total. The van der Waals surface area contributed by atoms with Crippen molar-refractivity contribution in [3.8, 4) is 0 Å². The fourth-order valence-corrected chi connectivity index (χ4v) is 2.42. The van der Waals surface area contributed by atoms with Gasteiger partial charge >= 0.3 is 0 Å². The van der Waals surface area contributed by atoms with Crippen LogP contribution in [-0.2, 0) is 0 Å². The van der Waals surface area contributed by atoms with Crippen LogP contribution in [0.1, 0.15) is 32.0 Å². The predicted octanol–water partition coefficient (Wildman–Crippen LogP) is 4.54. The van der Waals surface area contributed by atoms with Gasteiger partial charge in [-0.25, -0.2) is 4.39 Å². The number of hydrogen-bond donors (Lipinski definition) is 2. The number of rotatable bonds is 4. The molecule has 132 valence electrons. The first kappa shape index (κ1) is 17.4. The normalized spacial score (nSPS) is 10.4. The lowest BCUT2D eigenvalue weighted by molar-refractivity contribution is 0.0993. The molecule has 26 heavy (non-hydrogen) atoms. The van der Waals surface area contributed by atoms with Crippen LogP contribution in [0.3, 0.4) is 0 Å². The SMILES string of the molecule is Cc1ccc(F)c(NC(=O)c2ccc(C)c(NC(=O)c3ccco3)c2)c1. The molecule has 1 aromatic heterocycles. The zero-order valence-electron chi connectivity index (χ0n) is 14.3. The lowest BCUT2D eigenvalue weighted by atomic mass is 10.1. The van der Waals surface area contributed by atoms with E-state index in [2.05, 4.69) is 10.6 Å². The van der Waals surface area contributed by atoms with Gasteiger partial charge in [0, 0.05) is 11.3 Å². The van der Waals surface area contributed by atoms with E-state index in [1.54, 1.807) is 49.4 Å². The van der Waals surface area contributed by atoms with Gasteiger partial charge in [-0.2, -0.15) is 0 Å². The summed E-state index contributed by atoms with van der Waals surface area (Å²) in [4.78, 5) is 24.6. The summed E-state index contributed by atoms with van der Waals surface area (Å²) in [6.07, 6.45) is 1.40. The highest BCUT2D eigenvalue weighted by Crippen LogP contribution is 2.21. The maximum absolute atomic E-state index is 13.8. The smallest absolute Gasteiger partial charge is 0.291 e. The van der Waals surface area contributed by atoms with Gasteiger partial charge in [-0.15, -0.1) is 0 Å². The van der Waals surface area contributed by atoms with Gasteiger partial charge < -0.3 is 15.1 Å². The van der Waals surface area contributed by atoms with Crippen LogP contribution in [0.4, 0.5) is 15.8 Å². The Labute approximate surface area is 149 Å². The topological polar surface area (TPSA) is 71.3 Å². The second-order valence-electron chi connectivity index (χ2n) is 5.90. The van der Waals surface area contributed by atoms with Gasteiger partial charge in [0.2, 0.25) is 0 Å². The van der Waals surface area contributed by atoms with Crippen molar-refractivity contribution in [2.45, 2.75) is 13.8 Å². The van der Waals surface area contributed by atoms with E-state index < -0.39 is 17.6 Å². The predicted molar refractivity (Wildman–Crippen MR) is 96.9 cm³/mol. The van der Waals surface area contributed by atoms with Gasteiger partial charge in [0.25, 0.3) is 11.8 Å². The highest BCUT2D eigenvalue weighted by atomic mass is 19.1. The van der Waals surface area contributed by atoms with E-state index in [-0.39, 0.29) is 11.4 Å².